The van der Waals surface area contributed by atoms with E-state index in [2.05, 4.69) is 50.0 Å². The van der Waals surface area contributed by atoms with Gasteiger partial charge in [0, 0.05) is 30.9 Å². The van der Waals surface area contributed by atoms with E-state index in [4.69, 9.17) is 21.3 Å². The molecule has 1 saturated carbocycles. The molecule has 0 unspecified atom stereocenters. The summed E-state index contributed by atoms with van der Waals surface area (Å²) in [4.78, 5) is 29.7. The van der Waals surface area contributed by atoms with Gasteiger partial charge in [0.1, 0.15) is 17.8 Å². The summed E-state index contributed by atoms with van der Waals surface area (Å²) < 4.78 is 24.8. The minimum absolute atomic E-state index is 0.0313. The number of ether oxygens (including phenoxy) is 1. The van der Waals surface area contributed by atoms with Crippen LogP contribution in [0.3, 0.4) is 0 Å². The maximum atomic E-state index is 15.0. The average Bonchev–Trinajstić information content (AvgIpc) is 3.33. The topological polar surface area (TPSA) is 147 Å². The van der Waals surface area contributed by atoms with Crippen molar-refractivity contribution in [2.45, 2.75) is 52.0 Å². The average molecular weight is 609 g/mol. The number of nitrogens with zero attached hydrogens (tertiary/aromatic N) is 9. The molecule has 0 radical (unpaired) electrons. The highest BCUT2D eigenvalue weighted by molar-refractivity contribution is 6.29. The lowest BCUT2D eigenvalue weighted by Crippen LogP contribution is -2.27. The van der Waals surface area contributed by atoms with Gasteiger partial charge >= 0.3 is 5.97 Å². The molecule has 1 fully saturated rings. The number of carbonyl (C=O) groups is 2. The molecule has 0 atom stereocenters. The second-order valence-corrected chi connectivity index (χ2v) is 10.6. The van der Waals surface area contributed by atoms with Gasteiger partial charge in [-0.05, 0) is 66.7 Å². The van der Waals surface area contributed by atoms with Gasteiger partial charge in [-0.25, -0.2) is 18.7 Å². The van der Waals surface area contributed by atoms with Crippen LogP contribution in [0.25, 0.3) is 11.3 Å². The van der Waals surface area contributed by atoms with Crippen LogP contribution in [0.1, 0.15) is 66.3 Å². The molecule has 0 aliphatic heterocycles. The molecule has 1 N–H and O–H groups in total. The fourth-order valence-electron chi connectivity index (χ4n) is 4.63. The van der Waals surface area contributed by atoms with E-state index in [1.54, 1.807) is 6.92 Å². The number of nitrogens with one attached hydrogen (secondary N) is 1. The van der Waals surface area contributed by atoms with Crippen molar-refractivity contribution < 1.29 is 18.7 Å². The van der Waals surface area contributed by atoms with Crippen LogP contribution in [0.15, 0.2) is 60.1 Å². The molecule has 4 aromatic heterocycles. The molecule has 5 rings (SSSR count). The number of esters is 1. The van der Waals surface area contributed by atoms with Crippen LogP contribution in [-0.2, 0) is 22.5 Å². The maximum absolute atomic E-state index is 15.0. The van der Waals surface area contributed by atoms with Gasteiger partial charge in [-0.3, -0.25) is 9.59 Å². The summed E-state index contributed by atoms with van der Waals surface area (Å²) in [6.45, 7) is 7.23. The van der Waals surface area contributed by atoms with Crippen LogP contribution in [0.4, 0.5) is 4.39 Å². The molecule has 0 spiro atoms. The Kier molecular flexibility index (Phi) is 9.04. The first-order valence-corrected chi connectivity index (χ1v) is 14.1. The SMILES string of the molecule is C=C/C(=C(CNC(=O)c1cn(Cc2cn3cc(C4CC4)cc(CCC(=O)OCC)c3n2)nn1)\C(F)=C(/C)Cl)n1cnnn1. The van der Waals surface area contributed by atoms with Crippen molar-refractivity contribution in [1.82, 2.24) is 49.9 Å². The lowest BCUT2D eigenvalue weighted by Gasteiger charge is -2.12. The number of aryl methyl sites for hydroxylation is 1. The van der Waals surface area contributed by atoms with Gasteiger partial charge < -0.3 is 14.5 Å². The molecule has 15 heteroatoms. The number of carbonyl (C=O) groups excluding carboxylic acids is 2. The van der Waals surface area contributed by atoms with E-state index in [-0.39, 0.29) is 47.5 Å². The number of amides is 1. The normalized spacial score (nSPS) is 14.3. The third-order valence-electron chi connectivity index (χ3n) is 6.84. The van der Waals surface area contributed by atoms with Crippen molar-refractivity contribution in [3.8, 4) is 0 Å². The third kappa shape index (κ3) is 7.02. The van der Waals surface area contributed by atoms with Crippen LogP contribution in [-0.4, -0.2) is 69.6 Å². The van der Waals surface area contributed by atoms with E-state index < -0.39 is 11.7 Å². The van der Waals surface area contributed by atoms with Gasteiger partial charge in [0.15, 0.2) is 5.69 Å². The Hall–Kier alpha value is -4.72. The van der Waals surface area contributed by atoms with Crippen molar-refractivity contribution in [2.75, 3.05) is 13.2 Å². The lowest BCUT2D eigenvalue weighted by atomic mass is 10.1. The second kappa shape index (κ2) is 13.1. The van der Waals surface area contributed by atoms with Crippen molar-refractivity contribution >= 4 is 34.8 Å². The number of pyridine rings is 1. The predicted molar refractivity (Wildman–Crippen MR) is 154 cm³/mol. The Balaban J connectivity index is 1.31. The molecule has 1 aliphatic carbocycles. The first-order valence-electron chi connectivity index (χ1n) is 13.7. The molecular weight excluding hydrogens is 579 g/mol. The van der Waals surface area contributed by atoms with Crippen LogP contribution >= 0.6 is 11.6 Å². The molecule has 0 saturated heterocycles. The van der Waals surface area contributed by atoms with E-state index in [0.29, 0.717) is 24.6 Å². The number of halogens is 2. The van der Waals surface area contributed by atoms with Gasteiger partial charge in [0.05, 0.1) is 35.8 Å². The van der Waals surface area contributed by atoms with E-state index in [1.807, 2.05) is 10.6 Å². The lowest BCUT2D eigenvalue weighted by molar-refractivity contribution is -0.143. The van der Waals surface area contributed by atoms with Crippen LogP contribution in [0.2, 0.25) is 0 Å². The molecule has 224 valence electrons. The largest absolute Gasteiger partial charge is 0.466 e. The van der Waals surface area contributed by atoms with E-state index >= 15 is 0 Å². The highest BCUT2D eigenvalue weighted by atomic mass is 35.5. The molecule has 1 amide bonds. The Bertz CT molecular complexity index is 1720. The molecule has 13 nitrogen and oxygen atoms in total. The second-order valence-electron chi connectivity index (χ2n) is 9.99. The van der Waals surface area contributed by atoms with Crippen LogP contribution < -0.4 is 5.32 Å². The number of hydrogen-bond donors (Lipinski definition) is 1. The zero-order chi connectivity index (χ0) is 30.5. The quantitative estimate of drug-likeness (QED) is 0.178. The first kappa shape index (κ1) is 29.8. The van der Waals surface area contributed by atoms with Crippen LogP contribution in [0, 0.1) is 0 Å². The summed E-state index contributed by atoms with van der Waals surface area (Å²) in [6, 6.07) is 2.13. The predicted octanol–water partition coefficient (Wildman–Crippen LogP) is 3.60. The summed E-state index contributed by atoms with van der Waals surface area (Å²) in [7, 11) is 0. The molecular formula is C28H30ClFN10O3. The number of allylic oxidation sites excluding steroid dienone is 3. The number of fused-ring (bicyclic) bond motifs is 1. The van der Waals surface area contributed by atoms with Crippen molar-refractivity contribution in [3.05, 3.63) is 82.6 Å². The molecule has 43 heavy (non-hydrogen) atoms. The van der Waals surface area contributed by atoms with Crippen molar-refractivity contribution in [2.24, 2.45) is 0 Å². The molecule has 0 bridgehead atoms. The highest BCUT2D eigenvalue weighted by Gasteiger charge is 2.25. The Morgan fingerprint density at radius 1 is 1.26 bits per heavy atom. The summed E-state index contributed by atoms with van der Waals surface area (Å²) in [5.74, 6) is -1.03. The van der Waals surface area contributed by atoms with E-state index in [0.717, 1.165) is 24.1 Å². The molecule has 4 heterocycles. The zero-order valence-corrected chi connectivity index (χ0v) is 24.5. The Labute approximate surface area is 251 Å². The van der Waals surface area contributed by atoms with Gasteiger partial charge in [-0.2, -0.15) is 0 Å². The number of rotatable bonds is 13. The number of imidazole rings is 1. The van der Waals surface area contributed by atoms with Crippen LogP contribution in [0.5, 0.6) is 0 Å². The maximum Gasteiger partial charge on any atom is 0.306 e. The fourth-order valence-corrected chi connectivity index (χ4v) is 4.75. The Morgan fingerprint density at radius 2 is 2.07 bits per heavy atom. The number of hydrogen-bond acceptors (Lipinski definition) is 9. The summed E-state index contributed by atoms with van der Waals surface area (Å²) >= 11 is 5.92. The standard InChI is InChI=1S/C28H30ClFN10O3/c1-4-24(40-16-32-35-37-40)22(26(30)17(3)29)11-31-28(42)23-15-39(36-34-23)14-21-13-38-12-20(18-6-7-18)10-19(27(38)33-21)8-9-25(41)43-5-2/h4,10,12-13,15-16,18H,1,5-9,11,14H2,2-3H3,(H,31,42)/b24-22+,26-17-. The first-order chi connectivity index (χ1) is 20.8. The van der Waals surface area contributed by atoms with E-state index in [1.165, 1.54) is 40.5 Å². The minimum Gasteiger partial charge on any atom is -0.466 e. The van der Waals surface area contributed by atoms with Gasteiger partial charge in [-0.1, -0.05) is 29.5 Å². The summed E-state index contributed by atoms with van der Waals surface area (Å²) in [5.41, 5.74) is 3.93. The van der Waals surface area contributed by atoms with Gasteiger partial charge in [0.2, 0.25) is 0 Å². The monoisotopic (exact) mass is 608 g/mol. The molecule has 0 aromatic carbocycles. The number of aromatic nitrogens is 9. The van der Waals surface area contributed by atoms with Gasteiger partial charge in [0.25, 0.3) is 5.91 Å². The van der Waals surface area contributed by atoms with Crippen molar-refractivity contribution in [1.29, 1.82) is 0 Å². The molecule has 4 aromatic rings. The number of tetrazole rings is 1. The molecule has 1 aliphatic rings. The fraction of sp³-hybridized carbons (Fsp3) is 0.357. The van der Waals surface area contributed by atoms with Gasteiger partial charge in [-0.15, -0.1) is 10.2 Å². The van der Waals surface area contributed by atoms with E-state index in [9.17, 15) is 14.0 Å². The third-order valence-corrected chi connectivity index (χ3v) is 7.00. The highest BCUT2D eigenvalue weighted by Crippen LogP contribution is 2.40. The zero-order valence-electron chi connectivity index (χ0n) is 23.7. The minimum atomic E-state index is -0.741. The Morgan fingerprint density at radius 3 is 2.74 bits per heavy atom. The summed E-state index contributed by atoms with van der Waals surface area (Å²) in [5, 5.41) is 21.5. The summed E-state index contributed by atoms with van der Waals surface area (Å²) in [6.07, 6.45) is 11.2. The van der Waals surface area contributed by atoms with Crippen molar-refractivity contribution in [3.63, 3.8) is 0 Å². The smallest absolute Gasteiger partial charge is 0.306 e.